The lowest BCUT2D eigenvalue weighted by Gasteiger charge is -2.36. The number of para-hydroxylation sites is 2. The van der Waals surface area contributed by atoms with Crippen LogP contribution in [0.15, 0.2) is 48.7 Å². The number of carbonyl (C=O) groups excluding carboxylic acids is 2. The predicted octanol–water partition coefficient (Wildman–Crippen LogP) is 1.87. The molecule has 0 spiro atoms. The molecule has 1 aliphatic heterocycles. The lowest BCUT2D eigenvalue weighted by molar-refractivity contribution is -0.121. The molecule has 3 rings (SSSR count). The van der Waals surface area contributed by atoms with Crippen LogP contribution in [0.5, 0.6) is 5.75 Å². The Balaban J connectivity index is 1.41. The summed E-state index contributed by atoms with van der Waals surface area (Å²) in [5.41, 5.74) is 1.28. The van der Waals surface area contributed by atoms with E-state index < -0.39 is 6.10 Å². The highest BCUT2D eigenvalue weighted by Crippen LogP contribution is 2.24. The highest BCUT2D eigenvalue weighted by atomic mass is 16.5. The number of aliphatic hydroxyl groups is 1. The van der Waals surface area contributed by atoms with Crippen molar-refractivity contribution in [3.63, 3.8) is 0 Å². The third-order valence-corrected chi connectivity index (χ3v) is 5.32. The van der Waals surface area contributed by atoms with Gasteiger partial charge >= 0.3 is 6.03 Å². The summed E-state index contributed by atoms with van der Waals surface area (Å²) in [5.74, 6) is 0.470. The normalized spacial score (nSPS) is 20.2. The summed E-state index contributed by atoms with van der Waals surface area (Å²) in [6, 6.07) is 11.9. The largest absolute Gasteiger partial charge is 0.495 e. The third kappa shape index (κ3) is 6.93. The molecule has 3 atom stereocenters. The SMILES string of the molecule is COc1ccccc1NC(=O)N[C@H]1CC[C@H](CCNC(=O)Cc2ccccn2)O[C@H]1CO. The fourth-order valence-corrected chi connectivity index (χ4v) is 3.69. The second-order valence-electron chi connectivity index (χ2n) is 7.60. The van der Waals surface area contributed by atoms with Crippen LogP contribution in [-0.2, 0) is 16.0 Å². The van der Waals surface area contributed by atoms with Crippen LogP contribution in [0.1, 0.15) is 25.0 Å². The fourth-order valence-electron chi connectivity index (χ4n) is 3.69. The van der Waals surface area contributed by atoms with Crippen molar-refractivity contribution in [3.05, 3.63) is 54.4 Å². The number of anilines is 1. The van der Waals surface area contributed by atoms with Crippen molar-refractivity contribution in [2.45, 2.75) is 43.9 Å². The zero-order valence-corrected chi connectivity index (χ0v) is 18.1. The first kappa shape index (κ1) is 23.5. The number of carbonyl (C=O) groups is 2. The van der Waals surface area contributed by atoms with Crippen LogP contribution in [-0.4, -0.2) is 60.5 Å². The molecule has 0 radical (unpaired) electrons. The van der Waals surface area contributed by atoms with E-state index in [0.717, 1.165) is 5.69 Å². The minimum atomic E-state index is -0.513. The van der Waals surface area contributed by atoms with Gasteiger partial charge in [-0.2, -0.15) is 0 Å². The number of nitrogens with one attached hydrogen (secondary N) is 3. The van der Waals surface area contributed by atoms with E-state index in [1.54, 1.807) is 24.4 Å². The van der Waals surface area contributed by atoms with Crippen LogP contribution in [0, 0.1) is 0 Å². The smallest absolute Gasteiger partial charge is 0.319 e. The van der Waals surface area contributed by atoms with Crippen LogP contribution in [0.4, 0.5) is 10.5 Å². The van der Waals surface area contributed by atoms with Crippen molar-refractivity contribution in [2.75, 3.05) is 25.6 Å². The summed E-state index contributed by atoms with van der Waals surface area (Å²) in [6.07, 6.45) is 3.29. The summed E-state index contributed by atoms with van der Waals surface area (Å²) >= 11 is 0. The Morgan fingerprint density at radius 1 is 1.19 bits per heavy atom. The molecule has 172 valence electrons. The summed E-state index contributed by atoms with van der Waals surface area (Å²) in [4.78, 5) is 28.6. The maximum absolute atomic E-state index is 12.4. The molecular weight excluding hydrogens is 412 g/mol. The number of amides is 3. The summed E-state index contributed by atoms with van der Waals surface area (Å²) in [7, 11) is 1.54. The Morgan fingerprint density at radius 2 is 2.00 bits per heavy atom. The van der Waals surface area contributed by atoms with E-state index in [-0.39, 0.29) is 37.1 Å². The van der Waals surface area contributed by atoms with Gasteiger partial charge < -0.3 is 30.5 Å². The zero-order chi connectivity index (χ0) is 22.8. The van der Waals surface area contributed by atoms with Crippen molar-refractivity contribution < 1.29 is 24.2 Å². The summed E-state index contributed by atoms with van der Waals surface area (Å²) < 4.78 is 11.2. The fraction of sp³-hybridized carbons (Fsp3) is 0.435. The number of rotatable bonds is 9. The van der Waals surface area contributed by atoms with Gasteiger partial charge in [0.1, 0.15) is 11.9 Å². The van der Waals surface area contributed by atoms with Crippen molar-refractivity contribution >= 4 is 17.6 Å². The maximum atomic E-state index is 12.4. The highest BCUT2D eigenvalue weighted by Gasteiger charge is 2.31. The van der Waals surface area contributed by atoms with E-state index in [1.165, 1.54) is 7.11 Å². The zero-order valence-electron chi connectivity index (χ0n) is 18.1. The molecule has 3 amide bonds. The molecule has 1 saturated heterocycles. The molecule has 0 saturated carbocycles. The first-order valence-corrected chi connectivity index (χ1v) is 10.7. The van der Waals surface area contributed by atoms with E-state index >= 15 is 0 Å². The average molecular weight is 443 g/mol. The van der Waals surface area contributed by atoms with Crippen molar-refractivity contribution in [1.82, 2.24) is 15.6 Å². The number of pyridine rings is 1. The molecule has 1 fully saturated rings. The van der Waals surface area contributed by atoms with Crippen molar-refractivity contribution in [2.24, 2.45) is 0 Å². The van der Waals surface area contributed by atoms with Gasteiger partial charge in [-0.1, -0.05) is 18.2 Å². The molecule has 9 heteroatoms. The summed E-state index contributed by atoms with van der Waals surface area (Å²) in [5, 5.41) is 18.3. The monoisotopic (exact) mass is 442 g/mol. The van der Waals surface area contributed by atoms with Gasteiger partial charge in [0.25, 0.3) is 0 Å². The van der Waals surface area contributed by atoms with Crippen molar-refractivity contribution in [3.8, 4) is 5.75 Å². The minimum Gasteiger partial charge on any atom is -0.495 e. The molecule has 4 N–H and O–H groups in total. The van der Waals surface area contributed by atoms with E-state index in [2.05, 4.69) is 20.9 Å². The average Bonchev–Trinajstić information content (AvgIpc) is 2.81. The molecule has 1 aliphatic rings. The van der Waals surface area contributed by atoms with Gasteiger partial charge in [0.2, 0.25) is 5.91 Å². The Morgan fingerprint density at radius 3 is 2.75 bits per heavy atom. The Kier molecular flexibility index (Phi) is 8.82. The molecule has 2 aromatic rings. The Labute approximate surface area is 187 Å². The van der Waals surface area contributed by atoms with Gasteiger partial charge in [-0.3, -0.25) is 9.78 Å². The molecule has 0 aliphatic carbocycles. The second kappa shape index (κ2) is 12.0. The Hall–Kier alpha value is -3.17. The molecule has 2 heterocycles. The van der Waals surface area contributed by atoms with Crippen LogP contribution in [0.2, 0.25) is 0 Å². The minimum absolute atomic E-state index is 0.0919. The second-order valence-corrected chi connectivity index (χ2v) is 7.60. The van der Waals surface area contributed by atoms with Crippen LogP contribution < -0.4 is 20.7 Å². The number of nitrogens with zero attached hydrogens (tertiary/aromatic N) is 1. The van der Waals surface area contributed by atoms with Gasteiger partial charge in [-0.15, -0.1) is 0 Å². The standard InChI is InChI=1S/C23H30N4O5/c1-31-20-8-3-2-7-18(20)26-23(30)27-19-10-9-17(32-21(19)15-28)11-13-25-22(29)14-16-6-4-5-12-24-16/h2-8,12,17,19,21,28H,9-11,13-15H2,1H3,(H,25,29)(H2,26,27,30)/t17-,19+,21+/m1/s1. The van der Waals surface area contributed by atoms with Gasteiger partial charge in [-0.25, -0.2) is 4.79 Å². The molecule has 0 bridgehead atoms. The van der Waals surface area contributed by atoms with Crippen LogP contribution in [0.25, 0.3) is 0 Å². The number of aromatic nitrogens is 1. The van der Waals surface area contributed by atoms with E-state index in [4.69, 9.17) is 9.47 Å². The third-order valence-electron chi connectivity index (χ3n) is 5.32. The number of hydrogen-bond donors (Lipinski definition) is 4. The van der Waals surface area contributed by atoms with Gasteiger partial charge in [0.15, 0.2) is 0 Å². The number of hydrogen-bond acceptors (Lipinski definition) is 6. The van der Waals surface area contributed by atoms with Gasteiger partial charge in [-0.05, 0) is 43.5 Å². The Bertz CT molecular complexity index is 880. The first-order chi connectivity index (χ1) is 15.6. The van der Waals surface area contributed by atoms with Gasteiger partial charge in [0.05, 0.1) is 38.0 Å². The lowest BCUT2D eigenvalue weighted by atomic mass is 9.97. The molecule has 32 heavy (non-hydrogen) atoms. The highest BCUT2D eigenvalue weighted by molar-refractivity contribution is 5.91. The van der Waals surface area contributed by atoms with E-state index in [1.807, 2.05) is 24.3 Å². The summed E-state index contributed by atoms with van der Waals surface area (Å²) in [6.45, 7) is 0.267. The van der Waals surface area contributed by atoms with Gasteiger partial charge in [0, 0.05) is 18.4 Å². The lowest BCUT2D eigenvalue weighted by Crippen LogP contribution is -2.52. The number of urea groups is 1. The molecular formula is C23H30N4O5. The number of ether oxygens (including phenoxy) is 2. The maximum Gasteiger partial charge on any atom is 0.319 e. The first-order valence-electron chi connectivity index (χ1n) is 10.7. The number of benzene rings is 1. The molecule has 1 aromatic carbocycles. The number of methoxy groups -OCH3 is 1. The number of aliphatic hydroxyl groups excluding tert-OH is 1. The van der Waals surface area contributed by atoms with Crippen molar-refractivity contribution in [1.29, 1.82) is 0 Å². The van der Waals surface area contributed by atoms with E-state index in [0.29, 0.717) is 37.2 Å². The van der Waals surface area contributed by atoms with E-state index in [9.17, 15) is 14.7 Å². The van der Waals surface area contributed by atoms with Crippen LogP contribution in [0.3, 0.4) is 0 Å². The van der Waals surface area contributed by atoms with Crippen LogP contribution >= 0.6 is 0 Å². The predicted molar refractivity (Wildman–Crippen MR) is 119 cm³/mol. The molecule has 1 aromatic heterocycles. The molecule has 0 unspecified atom stereocenters. The quantitative estimate of drug-likeness (QED) is 0.470. The topological polar surface area (TPSA) is 122 Å². The molecule has 9 nitrogen and oxygen atoms in total.